The highest BCUT2D eigenvalue weighted by Gasteiger charge is 2.31. The summed E-state index contributed by atoms with van der Waals surface area (Å²) < 4.78 is 2.18. The second-order valence-corrected chi connectivity index (χ2v) is 7.15. The first-order valence-electron chi connectivity index (χ1n) is 8.54. The molecule has 1 saturated heterocycles. The van der Waals surface area contributed by atoms with Gasteiger partial charge in [0.15, 0.2) is 5.96 Å². The molecule has 1 aliphatic rings. The quantitative estimate of drug-likeness (QED) is 0.406. The maximum atomic E-state index is 11.9. The van der Waals surface area contributed by atoms with Gasteiger partial charge in [-0.3, -0.25) is 9.79 Å². The lowest BCUT2D eigenvalue weighted by Gasteiger charge is -2.39. The highest BCUT2D eigenvalue weighted by molar-refractivity contribution is 14.0. The molecule has 0 aliphatic carbocycles. The van der Waals surface area contributed by atoms with Crippen LogP contribution in [0.3, 0.4) is 0 Å². The summed E-state index contributed by atoms with van der Waals surface area (Å²) >= 11 is 0. The third-order valence-corrected chi connectivity index (χ3v) is 4.87. The second kappa shape index (κ2) is 9.40. The summed E-state index contributed by atoms with van der Waals surface area (Å²) in [5.74, 6) is 1.47. The number of carbonyl (C=O) groups excluding carboxylic acids is 1. The van der Waals surface area contributed by atoms with Crippen LogP contribution in [0.1, 0.15) is 33.2 Å². The number of piperidine rings is 1. The minimum absolute atomic E-state index is 0. The van der Waals surface area contributed by atoms with Crippen molar-refractivity contribution in [2.24, 2.45) is 16.3 Å². The lowest BCUT2D eigenvalue weighted by Crippen LogP contribution is -2.52. The summed E-state index contributed by atoms with van der Waals surface area (Å²) in [5.41, 5.74) is -0.489. The molecule has 1 aromatic rings. The maximum Gasteiger partial charge on any atom is 0.227 e. The first-order chi connectivity index (χ1) is 11.4. The number of hydrogen-bond acceptors (Lipinski definition) is 3. The number of rotatable bonds is 4. The third-order valence-electron chi connectivity index (χ3n) is 4.87. The van der Waals surface area contributed by atoms with Crippen molar-refractivity contribution in [1.82, 2.24) is 25.1 Å². The van der Waals surface area contributed by atoms with Crippen LogP contribution in [0.25, 0.3) is 0 Å². The Balaban J connectivity index is 0.00000312. The Morgan fingerprint density at radius 3 is 2.72 bits per heavy atom. The highest BCUT2D eigenvalue weighted by atomic mass is 127. The maximum absolute atomic E-state index is 11.9. The van der Waals surface area contributed by atoms with E-state index in [0.29, 0.717) is 18.5 Å². The normalized spacial score (nSPS) is 21.5. The summed E-state index contributed by atoms with van der Waals surface area (Å²) in [6.45, 7) is 8.54. The predicted molar refractivity (Wildman–Crippen MR) is 111 cm³/mol. The van der Waals surface area contributed by atoms with Crippen molar-refractivity contribution in [3.8, 4) is 0 Å². The van der Waals surface area contributed by atoms with Crippen LogP contribution in [0.15, 0.2) is 23.7 Å². The van der Waals surface area contributed by atoms with Gasteiger partial charge < -0.3 is 20.1 Å². The van der Waals surface area contributed by atoms with Crippen LogP contribution in [0.2, 0.25) is 0 Å². The number of likely N-dealkylation sites (tertiary alicyclic amines) is 1. The Bertz CT molecular complexity index is 572. The Hall–Kier alpha value is -1.32. The molecule has 1 aliphatic heterocycles. The molecule has 25 heavy (non-hydrogen) atoms. The van der Waals surface area contributed by atoms with Gasteiger partial charge in [0.25, 0.3) is 0 Å². The number of nitrogens with one attached hydrogen (secondary N) is 2. The molecular weight excluding hydrogens is 431 g/mol. The number of nitrogens with zero attached hydrogens (tertiary/aromatic N) is 4. The summed E-state index contributed by atoms with van der Waals surface area (Å²) in [6.07, 6.45) is 6.83. The van der Waals surface area contributed by atoms with E-state index in [4.69, 9.17) is 0 Å². The summed E-state index contributed by atoms with van der Waals surface area (Å²) in [6, 6.07) is 0.381. The van der Waals surface area contributed by atoms with Crippen molar-refractivity contribution in [2.75, 3.05) is 33.7 Å². The van der Waals surface area contributed by atoms with Crippen molar-refractivity contribution in [2.45, 2.75) is 33.2 Å². The Morgan fingerprint density at radius 2 is 2.16 bits per heavy atom. The van der Waals surface area contributed by atoms with Gasteiger partial charge in [0.2, 0.25) is 5.91 Å². The molecule has 2 heterocycles. The fraction of sp³-hybridized carbons (Fsp3) is 0.706. The van der Waals surface area contributed by atoms with Crippen molar-refractivity contribution >= 4 is 35.8 Å². The summed E-state index contributed by atoms with van der Waals surface area (Å²) in [7, 11) is 3.46. The van der Waals surface area contributed by atoms with Gasteiger partial charge in [0.05, 0.1) is 17.8 Å². The number of hydrogen-bond donors (Lipinski definition) is 2. The number of amides is 1. The Morgan fingerprint density at radius 1 is 1.44 bits per heavy atom. The van der Waals surface area contributed by atoms with Crippen LogP contribution in [-0.2, 0) is 4.79 Å². The average molecular weight is 462 g/mol. The minimum atomic E-state index is -0.489. The Labute approximate surface area is 167 Å². The molecule has 8 heteroatoms. The molecule has 2 atom stereocenters. The average Bonchev–Trinajstić information content (AvgIpc) is 3.10. The molecule has 2 rings (SSSR count). The van der Waals surface area contributed by atoms with Crippen molar-refractivity contribution < 1.29 is 4.79 Å². The molecule has 142 valence electrons. The summed E-state index contributed by atoms with van der Waals surface area (Å²) in [5, 5.41) is 6.08. The van der Waals surface area contributed by atoms with E-state index in [2.05, 4.69) is 37.0 Å². The standard InChI is InChI=1S/C17H30N6O.HI/c1-13-6-8-22(10-14(13)23-9-7-20-12-23)16(19-5)21-11-17(2,3)15(24)18-4;/h7,9,12-14H,6,8,10-11H2,1-5H3,(H,18,24)(H,19,21);1H. The number of guanidine groups is 1. The molecule has 0 aromatic carbocycles. The molecule has 0 spiro atoms. The molecule has 2 unspecified atom stereocenters. The van der Waals surface area contributed by atoms with Crippen LogP contribution in [-0.4, -0.2) is 60.0 Å². The van der Waals surface area contributed by atoms with Gasteiger partial charge in [0.1, 0.15) is 0 Å². The lowest BCUT2D eigenvalue weighted by molar-refractivity contribution is -0.128. The zero-order chi connectivity index (χ0) is 17.7. The van der Waals surface area contributed by atoms with Crippen LogP contribution in [0, 0.1) is 11.3 Å². The molecule has 0 saturated carbocycles. The van der Waals surface area contributed by atoms with E-state index in [0.717, 1.165) is 25.5 Å². The van der Waals surface area contributed by atoms with Crippen molar-refractivity contribution in [3.63, 3.8) is 0 Å². The molecule has 0 radical (unpaired) electrons. The SMILES string of the molecule is CN=C(NCC(C)(C)C(=O)NC)N1CCC(C)C(n2ccnc2)C1.I. The third kappa shape index (κ3) is 5.32. The topological polar surface area (TPSA) is 74.6 Å². The highest BCUT2D eigenvalue weighted by Crippen LogP contribution is 2.27. The summed E-state index contributed by atoms with van der Waals surface area (Å²) in [4.78, 5) is 22.8. The molecule has 1 aromatic heterocycles. The van der Waals surface area contributed by atoms with Crippen LogP contribution < -0.4 is 10.6 Å². The van der Waals surface area contributed by atoms with Crippen molar-refractivity contribution in [1.29, 1.82) is 0 Å². The zero-order valence-electron chi connectivity index (χ0n) is 15.8. The zero-order valence-corrected chi connectivity index (χ0v) is 18.2. The van der Waals surface area contributed by atoms with Crippen LogP contribution in [0.4, 0.5) is 0 Å². The fourth-order valence-electron chi connectivity index (χ4n) is 3.15. The van der Waals surface area contributed by atoms with E-state index in [1.165, 1.54) is 0 Å². The molecular formula is C17H31IN6O. The van der Waals surface area contributed by atoms with E-state index in [-0.39, 0.29) is 29.9 Å². The van der Waals surface area contributed by atoms with E-state index < -0.39 is 5.41 Å². The van der Waals surface area contributed by atoms with E-state index in [1.54, 1.807) is 14.1 Å². The van der Waals surface area contributed by atoms with Gasteiger partial charge in [0, 0.05) is 46.1 Å². The first-order valence-corrected chi connectivity index (χ1v) is 8.54. The Kier molecular flexibility index (Phi) is 8.17. The number of halogens is 1. The minimum Gasteiger partial charge on any atom is -0.359 e. The molecule has 7 nitrogen and oxygen atoms in total. The van der Waals surface area contributed by atoms with Gasteiger partial charge in [-0.1, -0.05) is 6.92 Å². The van der Waals surface area contributed by atoms with Gasteiger partial charge in [-0.2, -0.15) is 0 Å². The van der Waals surface area contributed by atoms with Gasteiger partial charge in [-0.15, -0.1) is 24.0 Å². The monoisotopic (exact) mass is 462 g/mol. The van der Waals surface area contributed by atoms with Gasteiger partial charge in [-0.05, 0) is 26.2 Å². The van der Waals surface area contributed by atoms with E-state index in [9.17, 15) is 4.79 Å². The molecule has 0 bridgehead atoms. The second-order valence-electron chi connectivity index (χ2n) is 7.15. The fourth-order valence-corrected chi connectivity index (χ4v) is 3.15. The molecule has 1 amide bonds. The number of aromatic nitrogens is 2. The first kappa shape index (κ1) is 21.7. The largest absolute Gasteiger partial charge is 0.359 e. The lowest BCUT2D eigenvalue weighted by atomic mass is 9.92. The smallest absolute Gasteiger partial charge is 0.227 e. The van der Waals surface area contributed by atoms with Crippen molar-refractivity contribution in [3.05, 3.63) is 18.7 Å². The van der Waals surface area contributed by atoms with Gasteiger partial charge >= 0.3 is 0 Å². The molecule has 1 fully saturated rings. The van der Waals surface area contributed by atoms with Gasteiger partial charge in [-0.25, -0.2) is 4.98 Å². The van der Waals surface area contributed by atoms with E-state index in [1.807, 2.05) is 32.6 Å². The van der Waals surface area contributed by atoms with Crippen LogP contribution >= 0.6 is 24.0 Å². The number of imidazole rings is 1. The predicted octanol–water partition coefficient (Wildman–Crippen LogP) is 1.73. The molecule has 2 N–H and O–H groups in total. The number of carbonyl (C=O) groups is 1. The number of aliphatic imine (C=N–C) groups is 1. The van der Waals surface area contributed by atoms with Crippen LogP contribution in [0.5, 0.6) is 0 Å². The van der Waals surface area contributed by atoms with E-state index >= 15 is 0 Å².